The molecule has 0 bridgehead atoms. The van der Waals surface area contributed by atoms with Crippen molar-refractivity contribution in [3.05, 3.63) is 22.4 Å². The number of thiophene rings is 1. The summed E-state index contributed by atoms with van der Waals surface area (Å²) in [4.78, 5) is 11.9. The molecule has 0 unspecified atom stereocenters. The minimum atomic E-state index is 0.187. The molecular weight excluding hydrogens is 158 g/mol. The number of hydrogen-bond acceptors (Lipinski definition) is 2. The molecule has 11 heavy (non-hydrogen) atoms. The van der Waals surface area contributed by atoms with Gasteiger partial charge in [0.25, 0.3) is 0 Å². The van der Waals surface area contributed by atoms with E-state index in [4.69, 9.17) is 0 Å². The Kier molecular flexibility index (Phi) is 1.66. The number of hydrogen-bond donors (Lipinski definition) is 1. The predicted octanol–water partition coefficient (Wildman–Crippen LogP) is 1.18. The van der Waals surface area contributed by atoms with Crippen LogP contribution < -0.4 is 5.32 Å². The average molecular weight is 167 g/mol. The topological polar surface area (TPSA) is 29.1 Å². The number of amides is 1. The number of rotatable bonds is 2. The fraction of sp³-hybridized carbons (Fsp3) is 0.375. The van der Waals surface area contributed by atoms with E-state index in [0.29, 0.717) is 12.5 Å². The maximum Gasteiger partial charge on any atom is 0.222 e. The van der Waals surface area contributed by atoms with Gasteiger partial charge in [-0.05, 0) is 11.4 Å². The molecule has 0 spiro atoms. The van der Waals surface area contributed by atoms with Crippen LogP contribution in [0.2, 0.25) is 0 Å². The molecule has 1 atom stereocenters. The van der Waals surface area contributed by atoms with Crippen molar-refractivity contribution < 1.29 is 4.79 Å². The second kappa shape index (κ2) is 2.66. The van der Waals surface area contributed by atoms with Gasteiger partial charge in [-0.25, -0.2) is 0 Å². The molecule has 0 aromatic carbocycles. The lowest BCUT2D eigenvalue weighted by Crippen LogP contribution is -2.49. The summed E-state index contributed by atoms with van der Waals surface area (Å²) in [5.74, 6) is 0.187. The van der Waals surface area contributed by atoms with Gasteiger partial charge in [0, 0.05) is 23.8 Å². The lowest BCUT2D eigenvalue weighted by Gasteiger charge is -2.26. The van der Waals surface area contributed by atoms with E-state index in [1.54, 1.807) is 11.3 Å². The minimum Gasteiger partial charge on any atom is -0.352 e. The van der Waals surface area contributed by atoms with Gasteiger partial charge < -0.3 is 5.32 Å². The SMILES string of the molecule is O=C1C[C@H](Cc2cccs2)N1. The average Bonchev–Trinajstić information content (AvgIpc) is 2.36. The highest BCUT2D eigenvalue weighted by Crippen LogP contribution is 2.15. The summed E-state index contributed by atoms with van der Waals surface area (Å²) in [6, 6.07) is 4.55. The van der Waals surface area contributed by atoms with E-state index in [0.717, 1.165) is 6.42 Å². The third kappa shape index (κ3) is 1.43. The van der Waals surface area contributed by atoms with E-state index < -0.39 is 0 Å². The van der Waals surface area contributed by atoms with Crippen molar-refractivity contribution in [2.75, 3.05) is 0 Å². The molecule has 3 heteroatoms. The molecule has 1 aromatic rings. The molecular formula is C8H9NOS. The molecule has 1 aromatic heterocycles. The highest BCUT2D eigenvalue weighted by Gasteiger charge is 2.24. The van der Waals surface area contributed by atoms with Crippen molar-refractivity contribution >= 4 is 17.2 Å². The van der Waals surface area contributed by atoms with Gasteiger partial charge in [0.2, 0.25) is 5.91 Å². The molecule has 0 saturated carbocycles. The maximum atomic E-state index is 10.5. The van der Waals surface area contributed by atoms with Gasteiger partial charge in [-0.1, -0.05) is 6.07 Å². The molecule has 1 amide bonds. The number of carbonyl (C=O) groups excluding carboxylic acids is 1. The van der Waals surface area contributed by atoms with E-state index in [1.165, 1.54) is 4.88 Å². The van der Waals surface area contributed by atoms with Crippen LogP contribution in [0.3, 0.4) is 0 Å². The summed E-state index contributed by atoms with van der Waals surface area (Å²) >= 11 is 1.75. The number of carbonyl (C=O) groups is 1. The Morgan fingerprint density at radius 1 is 1.73 bits per heavy atom. The van der Waals surface area contributed by atoms with Gasteiger partial charge in [0.05, 0.1) is 0 Å². The largest absolute Gasteiger partial charge is 0.352 e. The third-order valence-corrected chi connectivity index (χ3v) is 2.72. The first-order valence-electron chi connectivity index (χ1n) is 3.66. The van der Waals surface area contributed by atoms with E-state index in [-0.39, 0.29) is 5.91 Å². The summed E-state index contributed by atoms with van der Waals surface area (Å²) < 4.78 is 0. The first-order chi connectivity index (χ1) is 5.34. The van der Waals surface area contributed by atoms with Crippen molar-refractivity contribution in [1.82, 2.24) is 5.32 Å². The standard InChI is InChI=1S/C8H9NOS/c10-8-5-6(9-8)4-7-2-1-3-11-7/h1-3,6H,4-5H2,(H,9,10)/t6-/m0/s1. The summed E-state index contributed by atoms with van der Waals surface area (Å²) in [5.41, 5.74) is 0. The molecule has 0 radical (unpaired) electrons. The fourth-order valence-corrected chi connectivity index (χ4v) is 2.01. The Morgan fingerprint density at radius 3 is 3.09 bits per heavy atom. The van der Waals surface area contributed by atoms with Gasteiger partial charge in [-0.15, -0.1) is 11.3 Å². The summed E-state index contributed by atoms with van der Waals surface area (Å²) in [6.07, 6.45) is 1.71. The zero-order valence-corrected chi connectivity index (χ0v) is 6.86. The summed E-state index contributed by atoms with van der Waals surface area (Å²) in [5, 5.41) is 4.91. The van der Waals surface area contributed by atoms with Crippen molar-refractivity contribution in [2.45, 2.75) is 18.9 Å². The van der Waals surface area contributed by atoms with E-state index in [9.17, 15) is 4.79 Å². The van der Waals surface area contributed by atoms with Crippen LogP contribution >= 0.6 is 11.3 Å². The van der Waals surface area contributed by atoms with Crippen LogP contribution in [0.4, 0.5) is 0 Å². The van der Waals surface area contributed by atoms with E-state index in [2.05, 4.69) is 16.8 Å². The molecule has 0 aliphatic carbocycles. The second-order valence-electron chi connectivity index (χ2n) is 2.75. The maximum absolute atomic E-state index is 10.5. The monoisotopic (exact) mass is 167 g/mol. The molecule has 1 aliphatic heterocycles. The van der Waals surface area contributed by atoms with E-state index in [1.807, 2.05) is 6.07 Å². The summed E-state index contributed by atoms with van der Waals surface area (Å²) in [6.45, 7) is 0. The molecule has 1 N–H and O–H groups in total. The highest BCUT2D eigenvalue weighted by molar-refractivity contribution is 7.09. The Bertz CT molecular complexity index is 247. The van der Waals surface area contributed by atoms with E-state index >= 15 is 0 Å². The molecule has 1 saturated heterocycles. The predicted molar refractivity (Wildman–Crippen MR) is 44.6 cm³/mol. The zero-order valence-electron chi connectivity index (χ0n) is 6.04. The Hall–Kier alpha value is -0.830. The Morgan fingerprint density at radius 2 is 2.55 bits per heavy atom. The van der Waals surface area contributed by atoms with Crippen LogP contribution in [0.5, 0.6) is 0 Å². The second-order valence-corrected chi connectivity index (χ2v) is 3.78. The van der Waals surface area contributed by atoms with Gasteiger partial charge in [-0.2, -0.15) is 0 Å². The van der Waals surface area contributed by atoms with Gasteiger partial charge in [0.1, 0.15) is 0 Å². The molecule has 58 valence electrons. The van der Waals surface area contributed by atoms with Crippen LogP contribution in [0.1, 0.15) is 11.3 Å². The molecule has 2 nitrogen and oxygen atoms in total. The number of nitrogens with one attached hydrogen (secondary N) is 1. The quantitative estimate of drug-likeness (QED) is 0.658. The lowest BCUT2D eigenvalue weighted by atomic mass is 10.0. The van der Waals surface area contributed by atoms with Gasteiger partial charge >= 0.3 is 0 Å². The Labute approximate surface area is 69.2 Å². The molecule has 2 heterocycles. The first-order valence-corrected chi connectivity index (χ1v) is 4.54. The first kappa shape index (κ1) is 6.85. The van der Waals surface area contributed by atoms with Gasteiger partial charge in [0.15, 0.2) is 0 Å². The van der Waals surface area contributed by atoms with Crippen molar-refractivity contribution in [3.8, 4) is 0 Å². The van der Waals surface area contributed by atoms with Crippen LogP contribution in [0, 0.1) is 0 Å². The fourth-order valence-electron chi connectivity index (χ4n) is 1.23. The molecule has 2 rings (SSSR count). The summed E-state index contributed by atoms with van der Waals surface area (Å²) in [7, 11) is 0. The van der Waals surface area contributed by atoms with Crippen molar-refractivity contribution in [2.24, 2.45) is 0 Å². The molecule has 1 fully saturated rings. The van der Waals surface area contributed by atoms with Crippen LogP contribution in [-0.2, 0) is 11.2 Å². The third-order valence-electron chi connectivity index (χ3n) is 1.82. The minimum absolute atomic E-state index is 0.187. The van der Waals surface area contributed by atoms with Crippen LogP contribution in [0.15, 0.2) is 17.5 Å². The number of β-lactam (4-membered cyclic amide) rings is 1. The Balaban J connectivity index is 1.88. The smallest absolute Gasteiger partial charge is 0.222 e. The van der Waals surface area contributed by atoms with Crippen molar-refractivity contribution in [1.29, 1.82) is 0 Å². The van der Waals surface area contributed by atoms with Gasteiger partial charge in [-0.3, -0.25) is 4.79 Å². The van der Waals surface area contributed by atoms with Crippen LogP contribution in [0.25, 0.3) is 0 Å². The van der Waals surface area contributed by atoms with Crippen molar-refractivity contribution in [3.63, 3.8) is 0 Å². The van der Waals surface area contributed by atoms with Crippen LogP contribution in [-0.4, -0.2) is 11.9 Å². The lowest BCUT2D eigenvalue weighted by molar-refractivity contribution is -0.128. The zero-order chi connectivity index (χ0) is 7.68. The molecule has 1 aliphatic rings. The normalized spacial score (nSPS) is 22.5. The highest BCUT2D eigenvalue weighted by atomic mass is 32.1.